The van der Waals surface area contributed by atoms with Crippen molar-refractivity contribution in [1.82, 2.24) is 0 Å². The minimum atomic E-state index is -0.492. The van der Waals surface area contributed by atoms with Crippen LogP contribution in [0.4, 0.5) is 0 Å². The first kappa shape index (κ1) is 20.1. The van der Waals surface area contributed by atoms with E-state index in [4.69, 9.17) is 9.15 Å². The molecule has 6 heteroatoms. The lowest BCUT2D eigenvalue weighted by Gasteiger charge is -2.18. The van der Waals surface area contributed by atoms with Crippen LogP contribution in [0, 0.1) is 5.92 Å². The molecule has 1 heterocycles. The molecule has 5 nitrogen and oxygen atoms in total. The fourth-order valence-corrected chi connectivity index (χ4v) is 3.51. The van der Waals surface area contributed by atoms with Gasteiger partial charge >= 0.3 is 5.97 Å². The Labute approximate surface area is 157 Å². The van der Waals surface area contributed by atoms with Crippen LogP contribution in [-0.2, 0) is 15.3 Å². The van der Waals surface area contributed by atoms with Gasteiger partial charge in [-0.25, -0.2) is 0 Å². The topological polar surface area (TPSA) is 76.7 Å². The smallest absolute Gasteiger partial charge is 0.306 e. The Bertz CT molecular complexity index is 783. The number of rotatable bonds is 8. The van der Waals surface area contributed by atoms with E-state index in [1.807, 2.05) is 44.2 Å². The number of methoxy groups -OCH3 is 1. The Morgan fingerprint density at radius 1 is 1.27 bits per heavy atom. The number of esters is 1. The van der Waals surface area contributed by atoms with Crippen molar-refractivity contribution >= 4 is 17.7 Å². The maximum atomic E-state index is 12.2. The molecule has 1 atom stereocenters. The molecule has 0 spiro atoms. The van der Waals surface area contributed by atoms with Gasteiger partial charge in [0, 0.05) is 16.9 Å². The second-order valence-corrected chi connectivity index (χ2v) is 7.55. The van der Waals surface area contributed by atoms with E-state index in [0.717, 1.165) is 4.90 Å². The van der Waals surface area contributed by atoms with Gasteiger partial charge in [-0.3, -0.25) is 9.59 Å². The molecule has 2 aromatic rings. The van der Waals surface area contributed by atoms with Gasteiger partial charge in [-0.2, -0.15) is 0 Å². The molecule has 0 saturated carbocycles. The zero-order valence-electron chi connectivity index (χ0n) is 15.2. The van der Waals surface area contributed by atoms with Gasteiger partial charge in [-0.05, 0) is 24.5 Å². The van der Waals surface area contributed by atoms with Gasteiger partial charge in [-0.1, -0.05) is 32.0 Å². The minimum Gasteiger partial charge on any atom is -0.502 e. The summed E-state index contributed by atoms with van der Waals surface area (Å²) in [6.07, 6.45) is 0.654. The van der Waals surface area contributed by atoms with Gasteiger partial charge in [0.1, 0.15) is 5.76 Å². The number of carbonyl (C=O) groups excluding carboxylic acids is 1. The zero-order valence-corrected chi connectivity index (χ0v) is 16.0. The van der Waals surface area contributed by atoms with Crippen LogP contribution in [-0.4, -0.2) is 18.2 Å². The highest BCUT2D eigenvalue weighted by molar-refractivity contribution is 7.98. The molecule has 0 saturated heterocycles. The SMILES string of the molecule is COC(=O)CC(CC(C)C)c1oc(CSc2ccccc2)cc(=O)c1O. The van der Waals surface area contributed by atoms with E-state index >= 15 is 0 Å². The molecule has 0 bridgehead atoms. The van der Waals surface area contributed by atoms with Crippen LogP contribution >= 0.6 is 11.8 Å². The Morgan fingerprint density at radius 3 is 2.58 bits per heavy atom. The van der Waals surface area contributed by atoms with Crippen molar-refractivity contribution in [2.24, 2.45) is 5.92 Å². The molecule has 0 fully saturated rings. The summed E-state index contributed by atoms with van der Waals surface area (Å²) in [5.41, 5.74) is -0.492. The van der Waals surface area contributed by atoms with Gasteiger partial charge in [0.15, 0.2) is 5.76 Å². The van der Waals surface area contributed by atoms with Crippen LogP contribution in [0.2, 0.25) is 0 Å². The first-order chi connectivity index (χ1) is 12.4. The average molecular weight is 376 g/mol. The number of aromatic hydroxyl groups is 1. The Kier molecular flexibility index (Phi) is 7.33. The minimum absolute atomic E-state index is 0.0560. The monoisotopic (exact) mass is 376 g/mol. The summed E-state index contributed by atoms with van der Waals surface area (Å²) in [7, 11) is 1.32. The standard InChI is InChI=1S/C20H24O5S/c1-13(2)9-14(10-18(22)24-3)20-19(23)17(21)11-15(25-20)12-26-16-7-5-4-6-8-16/h4-8,11,13-14,23H,9-10,12H2,1-3H3. The molecule has 26 heavy (non-hydrogen) atoms. The molecule has 1 aromatic carbocycles. The summed E-state index contributed by atoms with van der Waals surface area (Å²) in [6, 6.07) is 11.1. The van der Waals surface area contributed by atoms with Crippen molar-refractivity contribution in [3.05, 3.63) is 58.1 Å². The highest BCUT2D eigenvalue weighted by Gasteiger charge is 2.25. The molecular formula is C20H24O5S. The number of ether oxygens (including phenoxy) is 1. The predicted octanol–water partition coefficient (Wildman–Crippen LogP) is 4.33. The van der Waals surface area contributed by atoms with Crippen LogP contribution in [0.5, 0.6) is 5.75 Å². The first-order valence-corrected chi connectivity index (χ1v) is 9.49. The molecule has 1 aromatic heterocycles. The summed E-state index contributed by atoms with van der Waals surface area (Å²) in [5.74, 6) is 0.123. The zero-order chi connectivity index (χ0) is 19.1. The number of thioether (sulfide) groups is 1. The summed E-state index contributed by atoms with van der Waals surface area (Å²) >= 11 is 1.53. The van der Waals surface area contributed by atoms with Crippen LogP contribution in [0.25, 0.3) is 0 Å². The van der Waals surface area contributed by atoms with Gasteiger partial charge in [-0.15, -0.1) is 11.8 Å². The third kappa shape index (κ3) is 5.66. The Morgan fingerprint density at radius 2 is 1.96 bits per heavy atom. The van der Waals surface area contributed by atoms with Gasteiger partial charge < -0.3 is 14.3 Å². The van der Waals surface area contributed by atoms with E-state index < -0.39 is 23.1 Å². The molecule has 1 unspecified atom stereocenters. The molecule has 2 rings (SSSR count). The molecule has 0 aliphatic carbocycles. The number of carbonyl (C=O) groups is 1. The van der Waals surface area contributed by atoms with Crippen molar-refractivity contribution in [2.45, 2.75) is 43.3 Å². The number of hydrogen-bond acceptors (Lipinski definition) is 6. The van der Waals surface area contributed by atoms with E-state index in [9.17, 15) is 14.7 Å². The fourth-order valence-electron chi connectivity index (χ4n) is 2.71. The lowest BCUT2D eigenvalue weighted by atomic mass is 9.91. The highest BCUT2D eigenvalue weighted by Crippen LogP contribution is 2.33. The molecule has 0 radical (unpaired) electrons. The third-order valence-corrected chi connectivity index (χ3v) is 4.93. The fraction of sp³-hybridized carbons (Fsp3) is 0.400. The van der Waals surface area contributed by atoms with Crippen molar-refractivity contribution in [1.29, 1.82) is 0 Å². The van der Waals surface area contributed by atoms with E-state index in [0.29, 0.717) is 17.9 Å². The van der Waals surface area contributed by atoms with Crippen molar-refractivity contribution in [2.75, 3.05) is 7.11 Å². The van der Waals surface area contributed by atoms with E-state index in [1.54, 1.807) is 0 Å². The first-order valence-electron chi connectivity index (χ1n) is 8.51. The highest BCUT2D eigenvalue weighted by atomic mass is 32.2. The van der Waals surface area contributed by atoms with Gasteiger partial charge in [0.05, 0.1) is 19.3 Å². The summed E-state index contributed by atoms with van der Waals surface area (Å²) in [4.78, 5) is 25.0. The second-order valence-electron chi connectivity index (χ2n) is 6.50. The van der Waals surface area contributed by atoms with E-state index in [1.165, 1.54) is 24.9 Å². The quantitative estimate of drug-likeness (QED) is 0.546. The lowest BCUT2D eigenvalue weighted by Crippen LogP contribution is -2.14. The largest absolute Gasteiger partial charge is 0.502 e. The lowest BCUT2D eigenvalue weighted by molar-refractivity contribution is -0.141. The maximum Gasteiger partial charge on any atom is 0.306 e. The van der Waals surface area contributed by atoms with Gasteiger partial charge in [0.25, 0.3) is 0 Å². The normalized spacial score (nSPS) is 12.2. The van der Waals surface area contributed by atoms with E-state index in [2.05, 4.69) is 0 Å². The summed E-state index contributed by atoms with van der Waals surface area (Å²) < 4.78 is 10.6. The van der Waals surface area contributed by atoms with Gasteiger partial charge in [0.2, 0.25) is 11.2 Å². The van der Waals surface area contributed by atoms with Crippen molar-refractivity contribution in [3.8, 4) is 5.75 Å². The maximum absolute atomic E-state index is 12.2. The number of benzene rings is 1. The van der Waals surface area contributed by atoms with Crippen LogP contribution in [0.1, 0.15) is 44.1 Å². The molecule has 140 valence electrons. The molecule has 0 amide bonds. The Balaban J connectivity index is 2.28. The molecular weight excluding hydrogens is 352 g/mol. The van der Waals surface area contributed by atoms with Crippen molar-refractivity contribution in [3.63, 3.8) is 0 Å². The third-order valence-electron chi connectivity index (χ3n) is 3.89. The van der Waals surface area contributed by atoms with Crippen LogP contribution in [0.15, 0.2) is 50.5 Å². The van der Waals surface area contributed by atoms with Crippen LogP contribution < -0.4 is 5.43 Å². The summed E-state index contributed by atoms with van der Waals surface area (Å²) in [6.45, 7) is 4.02. The second kappa shape index (κ2) is 9.48. The van der Waals surface area contributed by atoms with Crippen molar-refractivity contribution < 1.29 is 19.1 Å². The van der Waals surface area contributed by atoms with Crippen LogP contribution in [0.3, 0.4) is 0 Å². The summed E-state index contributed by atoms with van der Waals surface area (Å²) in [5, 5.41) is 10.2. The Hall–Kier alpha value is -2.21. The molecule has 0 aliphatic heterocycles. The average Bonchev–Trinajstić information content (AvgIpc) is 2.62. The predicted molar refractivity (Wildman–Crippen MR) is 101 cm³/mol. The molecule has 0 aliphatic rings. The van der Waals surface area contributed by atoms with E-state index in [-0.39, 0.29) is 18.1 Å². The molecule has 1 N–H and O–H groups in total. The number of hydrogen-bond donors (Lipinski definition) is 1.